The maximum atomic E-state index is 12.6. The minimum Gasteiger partial charge on any atom is -0.321 e. The number of carbonyl (C=O) groups excluding carboxylic acids is 1. The first-order valence-electron chi connectivity index (χ1n) is 5.57. The lowest BCUT2D eigenvalue weighted by molar-refractivity contribution is -0.137. The van der Waals surface area contributed by atoms with Crippen molar-refractivity contribution in [2.75, 3.05) is 5.32 Å². The zero-order valence-corrected chi connectivity index (χ0v) is 12.6. The van der Waals surface area contributed by atoms with Gasteiger partial charge in [0, 0.05) is 5.56 Å². The lowest BCUT2D eigenvalue weighted by Crippen LogP contribution is -2.14. The van der Waals surface area contributed by atoms with E-state index in [0.29, 0.717) is 10.2 Å². The third-order valence-corrected chi connectivity index (χ3v) is 3.64. The Morgan fingerprint density at radius 3 is 2.62 bits per heavy atom. The molecule has 1 aromatic heterocycles. The van der Waals surface area contributed by atoms with Crippen LogP contribution in [0.15, 0.2) is 41.0 Å². The number of halogens is 5. The average molecular weight is 380 g/mol. The Bertz CT molecular complexity index is 691. The summed E-state index contributed by atoms with van der Waals surface area (Å²) in [6, 6.07) is 5.66. The largest absolute Gasteiger partial charge is 0.416 e. The smallest absolute Gasteiger partial charge is 0.321 e. The van der Waals surface area contributed by atoms with Crippen LogP contribution in [-0.2, 0) is 6.18 Å². The van der Waals surface area contributed by atoms with E-state index in [9.17, 15) is 18.0 Å². The van der Waals surface area contributed by atoms with Gasteiger partial charge in [0.25, 0.3) is 5.91 Å². The first-order chi connectivity index (χ1) is 9.77. The summed E-state index contributed by atoms with van der Waals surface area (Å²) in [5, 5.41) is 2.66. The molecule has 0 saturated heterocycles. The predicted molar refractivity (Wildman–Crippen MR) is 76.3 cm³/mol. The number of anilines is 1. The highest BCUT2D eigenvalue weighted by Gasteiger charge is 2.30. The Labute approximate surface area is 131 Å². The fraction of sp³-hybridized carbons (Fsp3) is 0.0769. The van der Waals surface area contributed by atoms with Crippen LogP contribution in [0.4, 0.5) is 18.9 Å². The van der Waals surface area contributed by atoms with Crippen LogP contribution in [0.2, 0.25) is 5.15 Å². The molecule has 0 fully saturated rings. The van der Waals surface area contributed by atoms with Gasteiger partial charge in [-0.1, -0.05) is 17.7 Å². The molecule has 0 radical (unpaired) electrons. The number of hydrogen-bond donors (Lipinski definition) is 1. The molecule has 110 valence electrons. The summed E-state index contributed by atoms with van der Waals surface area (Å²) in [6.45, 7) is 0. The molecule has 2 aromatic rings. The molecule has 3 nitrogen and oxygen atoms in total. The molecule has 0 aliphatic heterocycles. The van der Waals surface area contributed by atoms with E-state index in [1.807, 2.05) is 0 Å². The fourth-order valence-electron chi connectivity index (χ4n) is 1.53. The average Bonchev–Trinajstić information content (AvgIpc) is 2.42. The van der Waals surface area contributed by atoms with E-state index < -0.39 is 17.6 Å². The zero-order chi connectivity index (χ0) is 15.6. The van der Waals surface area contributed by atoms with Gasteiger partial charge in [0.05, 0.1) is 21.9 Å². The normalized spacial score (nSPS) is 11.3. The molecule has 1 aromatic carbocycles. The molecule has 0 saturated carbocycles. The second-order valence-corrected chi connectivity index (χ2v) is 5.24. The van der Waals surface area contributed by atoms with E-state index in [2.05, 4.69) is 26.2 Å². The number of rotatable bonds is 2. The van der Waals surface area contributed by atoms with Crippen LogP contribution in [0.5, 0.6) is 0 Å². The second kappa shape index (κ2) is 6.03. The van der Waals surface area contributed by atoms with Crippen molar-refractivity contribution >= 4 is 39.1 Å². The zero-order valence-electron chi connectivity index (χ0n) is 10.2. The molecular weight excluding hydrogens is 373 g/mol. The second-order valence-electron chi connectivity index (χ2n) is 4.03. The number of benzene rings is 1. The van der Waals surface area contributed by atoms with Gasteiger partial charge >= 0.3 is 6.18 Å². The Hall–Kier alpha value is -1.60. The minimum absolute atomic E-state index is 0.101. The van der Waals surface area contributed by atoms with Gasteiger partial charge < -0.3 is 5.32 Å². The summed E-state index contributed by atoms with van der Waals surface area (Å²) >= 11 is 8.84. The van der Waals surface area contributed by atoms with E-state index in [1.165, 1.54) is 24.4 Å². The summed E-state index contributed by atoms with van der Waals surface area (Å²) in [6.07, 6.45) is -3.19. The fourth-order valence-corrected chi connectivity index (χ4v) is 1.98. The molecule has 21 heavy (non-hydrogen) atoms. The number of hydrogen-bond acceptors (Lipinski definition) is 2. The van der Waals surface area contributed by atoms with Gasteiger partial charge in [-0.05, 0) is 40.2 Å². The molecule has 0 aliphatic carbocycles. The standard InChI is InChI=1S/C13H7BrClF3N2O/c14-10-5-9(6-19-11(10)15)20-12(21)7-2-1-3-8(4-7)13(16,17)18/h1-6H,(H,20,21). The van der Waals surface area contributed by atoms with Gasteiger partial charge in [0.1, 0.15) is 5.15 Å². The van der Waals surface area contributed by atoms with Crippen LogP contribution in [0.3, 0.4) is 0 Å². The minimum atomic E-state index is -4.50. The van der Waals surface area contributed by atoms with E-state index in [0.717, 1.165) is 12.1 Å². The summed E-state index contributed by atoms with van der Waals surface area (Å²) < 4.78 is 38.2. The van der Waals surface area contributed by atoms with Crippen LogP contribution in [0.25, 0.3) is 0 Å². The van der Waals surface area contributed by atoms with Crippen molar-refractivity contribution < 1.29 is 18.0 Å². The molecule has 0 bridgehead atoms. The highest BCUT2D eigenvalue weighted by Crippen LogP contribution is 2.30. The Kier molecular flexibility index (Phi) is 4.53. The lowest BCUT2D eigenvalue weighted by atomic mass is 10.1. The monoisotopic (exact) mass is 378 g/mol. The molecule has 1 N–H and O–H groups in total. The van der Waals surface area contributed by atoms with E-state index >= 15 is 0 Å². The predicted octanol–water partition coefficient (Wildman–Crippen LogP) is 4.77. The summed E-state index contributed by atoms with van der Waals surface area (Å²) in [5.41, 5.74) is -0.671. The van der Waals surface area contributed by atoms with Gasteiger partial charge in [-0.15, -0.1) is 0 Å². The number of carbonyl (C=O) groups is 1. The Balaban J connectivity index is 2.22. The summed E-state index contributed by atoms with van der Waals surface area (Å²) in [4.78, 5) is 15.7. The van der Waals surface area contributed by atoms with Gasteiger partial charge in [0.15, 0.2) is 0 Å². The van der Waals surface area contributed by atoms with Gasteiger partial charge in [-0.2, -0.15) is 13.2 Å². The van der Waals surface area contributed by atoms with Crippen molar-refractivity contribution in [3.63, 3.8) is 0 Å². The molecular formula is C13H7BrClF3N2O. The number of pyridine rings is 1. The maximum absolute atomic E-state index is 12.6. The molecule has 8 heteroatoms. The molecule has 1 heterocycles. The molecule has 0 aliphatic rings. The topological polar surface area (TPSA) is 42.0 Å². The third-order valence-electron chi connectivity index (χ3n) is 2.51. The van der Waals surface area contributed by atoms with Crippen molar-refractivity contribution in [1.29, 1.82) is 0 Å². The molecule has 1 amide bonds. The lowest BCUT2D eigenvalue weighted by Gasteiger charge is -2.09. The van der Waals surface area contributed by atoms with Crippen LogP contribution < -0.4 is 5.32 Å². The number of alkyl halides is 3. The SMILES string of the molecule is O=C(Nc1cnc(Cl)c(Br)c1)c1cccc(C(F)(F)F)c1. The van der Waals surface area contributed by atoms with Gasteiger partial charge in [-0.25, -0.2) is 4.98 Å². The maximum Gasteiger partial charge on any atom is 0.416 e. The quantitative estimate of drug-likeness (QED) is 0.764. The number of nitrogens with one attached hydrogen (secondary N) is 1. The van der Waals surface area contributed by atoms with Crippen molar-refractivity contribution in [2.45, 2.75) is 6.18 Å². The molecule has 2 rings (SSSR count). The van der Waals surface area contributed by atoms with Crippen molar-refractivity contribution in [3.05, 3.63) is 57.3 Å². The van der Waals surface area contributed by atoms with Crippen molar-refractivity contribution in [1.82, 2.24) is 4.98 Å². The highest BCUT2D eigenvalue weighted by molar-refractivity contribution is 9.10. The van der Waals surface area contributed by atoms with Crippen LogP contribution in [0, 0.1) is 0 Å². The number of aromatic nitrogens is 1. The van der Waals surface area contributed by atoms with Crippen molar-refractivity contribution in [3.8, 4) is 0 Å². The number of amides is 1. The van der Waals surface area contributed by atoms with E-state index in [4.69, 9.17) is 11.6 Å². The Morgan fingerprint density at radius 1 is 1.29 bits per heavy atom. The first kappa shape index (κ1) is 15.8. The van der Waals surface area contributed by atoms with Crippen LogP contribution in [0.1, 0.15) is 15.9 Å². The molecule has 0 atom stereocenters. The number of nitrogens with zero attached hydrogens (tertiary/aromatic N) is 1. The van der Waals surface area contributed by atoms with E-state index in [-0.39, 0.29) is 10.7 Å². The summed E-state index contributed by atoms with van der Waals surface area (Å²) in [7, 11) is 0. The van der Waals surface area contributed by atoms with Crippen molar-refractivity contribution in [2.24, 2.45) is 0 Å². The Morgan fingerprint density at radius 2 is 2.00 bits per heavy atom. The molecule has 0 unspecified atom stereocenters. The van der Waals surface area contributed by atoms with Crippen LogP contribution in [-0.4, -0.2) is 10.9 Å². The highest BCUT2D eigenvalue weighted by atomic mass is 79.9. The van der Waals surface area contributed by atoms with Gasteiger partial charge in [0.2, 0.25) is 0 Å². The third kappa shape index (κ3) is 3.95. The van der Waals surface area contributed by atoms with Gasteiger partial charge in [-0.3, -0.25) is 4.79 Å². The first-order valence-corrected chi connectivity index (χ1v) is 6.74. The summed E-state index contributed by atoms with van der Waals surface area (Å²) in [5.74, 6) is -0.669. The van der Waals surface area contributed by atoms with E-state index in [1.54, 1.807) is 0 Å². The van der Waals surface area contributed by atoms with Crippen LogP contribution >= 0.6 is 27.5 Å². The molecule has 0 spiro atoms.